The van der Waals surface area contributed by atoms with Crippen molar-refractivity contribution in [3.63, 3.8) is 0 Å². The number of alkyl halides is 4. The maximum atomic E-state index is 13.0. The Morgan fingerprint density at radius 1 is 0.972 bits per heavy atom. The molecular formula is C26H26F4N4O2. The Hall–Kier alpha value is -3.40. The van der Waals surface area contributed by atoms with Crippen molar-refractivity contribution < 1.29 is 22.3 Å². The van der Waals surface area contributed by atoms with Crippen molar-refractivity contribution in [3.8, 4) is 5.75 Å². The van der Waals surface area contributed by atoms with E-state index < -0.39 is 18.4 Å². The van der Waals surface area contributed by atoms with E-state index in [1.54, 1.807) is 6.07 Å². The fourth-order valence-corrected chi connectivity index (χ4v) is 4.91. The van der Waals surface area contributed by atoms with Gasteiger partial charge in [-0.15, -0.1) is 0 Å². The number of ether oxygens (including phenoxy) is 1. The normalized spacial score (nSPS) is 15.6. The van der Waals surface area contributed by atoms with Gasteiger partial charge in [0.25, 0.3) is 5.56 Å². The average Bonchev–Trinajstić information content (AvgIpc) is 3.26. The van der Waals surface area contributed by atoms with Crippen LogP contribution < -0.4 is 15.2 Å². The molecule has 0 amide bonds. The fourth-order valence-electron chi connectivity index (χ4n) is 4.91. The fraction of sp³-hybridized carbons (Fsp3) is 0.385. The molecule has 0 saturated heterocycles. The number of aromatic nitrogens is 2. The summed E-state index contributed by atoms with van der Waals surface area (Å²) in [6, 6.07) is 12.6. The molecule has 10 heteroatoms. The molecule has 5 rings (SSSR count). The summed E-state index contributed by atoms with van der Waals surface area (Å²) in [5.74, 6) is 1.24. The van der Waals surface area contributed by atoms with Crippen LogP contribution in [0.25, 0.3) is 0 Å². The number of benzene rings is 2. The van der Waals surface area contributed by atoms with Crippen LogP contribution >= 0.6 is 0 Å². The molecule has 3 heterocycles. The number of para-hydroxylation sites is 1. The quantitative estimate of drug-likeness (QED) is 0.454. The lowest BCUT2D eigenvalue weighted by atomic mass is 10.0. The summed E-state index contributed by atoms with van der Waals surface area (Å²) in [5, 5.41) is 0. The standard InChI is InChI=1S/C26H26F4N4O2/c27-10-14-36-23-4-2-1-3-19(23)16-33-12-13-34-22-9-11-32(17-21(22)24(35)31-25(33)34)15-18-5-7-20(8-6-18)26(28,29)30/h1-8H,9-17H2. The second-order valence-corrected chi connectivity index (χ2v) is 9.02. The van der Waals surface area contributed by atoms with Crippen LogP contribution in [0.4, 0.5) is 23.5 Å². The maximum absolute atomic E-state index is 13.0. The molecule has 0 radical (unpaired) electrons. The van der Waals surface area contributed by atoms with E-state index in [4.69, 9.17) is 4.74 Å². The first-order valence-electron chi connectivity index (χ1n) is 11.9. The minimum absolute atomic E-state index is 0.0121. The second-order valence-electron chi connectivity index (χ2n) is 9.02. The Bertz CT molecular complexity index is 1290. The number of hydrogen-bond acceptors (Lipinski definition) is 5. The summed E-state index contributed by atoms with van der Waals surface area (Å²) in [4.78, 5) is 21.5. The molecule has 0 saturated carbocycles. The molecule has 0 atom stereocenters. The molecule has 0 spiro atoms. The number of fused-ring (bicyclic) bond motifs is 3. The molecule has 0 fully saturated rings. The van der Waals surface area contributed by atoms with E-state index in [1.807, 2.05) is 23.1 Å². The monoisotopic (exact) mass is 502 g/mol. The Morgan fingerprint density at radius 3 is 2.50 bits per heavy atom. The van der Waals surface area contributed by atoms with E-state index in [2.05, 4.69) is 14.5 Å². The minimum Gasteiger partial charge on any atom is -0.491 e. The van der Waals surface area contributed by atoms with Crippen molar-refractivity contribution in [2.75, 3.05) is 31.3 Å². The molecule has 2 aliphatic heterocycles. The third-order valence-corrected chi connectivity index (χ3v) is 6.65. The summed E-state index contributed by atoms with van der Waals surface area (Å²) < 4.78 is 58.7. The molecule has 6 nitrogen and oxygen atoms in total. The zero-order valence-corrected chi connectivity index (χ0v) is 19.6. The Morgan fingerprint density at radius 2 is 1.75 bits per heavy atom. The molecule has 190 valence electrons. The van der Waals surface area contributed by atoms with Gasteiger partial charge in [-0.3, -0.25) is 9.69 Å². The van der Waals surface area contributed by atoms with Crippen LogP contribution in [-0.2, 0) is 38.8 Å². The van der Waals surface area contributed by atoms with Gasteiger partial charge in [-0.2, -0.15) is 18.2 Å². The van der Waals surface area contributed by atoms with Gasteiger partial charge in [-0.1, -0.05) is 30.3 Å². The predicted octanol–water partition coefficient (Wildman–Crippen LogP) is 4.19. The number of hydrogen-bond donors (Lipinski definition) is 0. The van der Waals surface area contributed by atoms with Crippen LogP contribution in [0.5, 0.6) is 5.75 Å². The van der Waals surface area contributed by atoms with Crippen molar-refractivity contribution >= 4 is 5.95 Å². The topological polar surface area (TPSA) is 50.6 Å². The minimum atomic E-state index is -4.36. The molecular weight excluding hydrogens is 476 g/mol. The van der Waals surface area contributed by atoms with Gasteiger partial charge in [-0.25, -0.2) is 4.39 Å². The van der Waals surface area contributed by atoms with Gasteiger partial charge < -0.3 is 14.2 Å². The van der Waals surface area contributed by atoms with Crippen molar-refractivity contribution in [2.45, 2.75) is 38.8 Å². The summed E-state index contributed by atoms with van der Waals surface area (Å²) >= 11 is 0. The molecule has 36 heavy (non-hydrogen) atoms. The Balaban J connectivity index is 1.32. The summed E-state index contributed by atoms with van der Waals surface area (Å²) in [5.41, 5.74) is 2.33. The van der Waals surface area contributed by atoms with Crippen LogP contribution in [-0.4, -0.2) is 40.8 Å². The van der Waals surface area contributed by atoms with Gasteiger partial charge >= 0.3 is 6.18 Å². The smallest absolute Gasteiger partial charge is 0.416 e. The van der Waals surface area contributed by atoms with E-state index in [-0.39, 0.29) is 12.2 Å². The maximum Gasteiger partial charge on any atom is 0.416 e. The van der Waals surface area contributed by atoms with E-state index in [0.717, 1.165) is 29.0 Å². The lowest BCUT2D eigenvalue weighted by Crippen LogP contribution is -2.37. The summed E-state index contributed by atoms with van der Waals surface area (Å²) in [7, 11) is 0. The zero-order valence-electron chi connectivity index (χ0n) is 19.6. The molecule has 0 N–H and O–H groups in total. The average molecular weight is 503 g/mol. The number of nitrogens with zero attached hydrogens (tertiary/aromatic N) is 4. The Labute approximate surface area is 205 Å². The molecule has 2 aliphatic rings. The van der Waals surface area contributed by atoms with Gasteiger partial charge in [0.05, 0.1) is 11.1 Å². The highest BCUT2D eigenvalue weighted by Crippen LogP contribution is 2.31. The summed E-state index contributed by atoms with van der Waals surface area (Å²) in [6.07, 6.45) is -3.70. The molecule has 0 unspecified atom stereocenters. The van der Waals surface area contributed by atoms with E-state index in [0.29, 0.717) is 63.0 Å². The van der Waals surface area contributed by atoms with Gasteiger partial charge in [0.15, 0.2) is 0 Å². The Kier molecular flexibility index (Phi) is 6.70. The van der Waals surface area contributed by atoms with Crippen LogP contribution in [0.3, 0.4) is 0 Å². The van der Waals surface area contributed by atoms with Crippen LogP contribution in [0.1, 0.15) is 27.9 Å². The zero-order chi connectivity index (χ0) is 25.3. The first kappa shape index (κ1) is 24.3. The van der Waals surface area contributed by atoms with Crippen LogP contribution in [0.2, 0.25) is 0 Å². The molecule has 0 bridgehead atoms. The number of rotatable bonds is 7. The van der Waals surface area contributed by atoms with Crippen molar-refractivity contribution in [3.05, 3.63) is 86.8 Å². The van der Waals surface area contributed by atoms with Crippen LogP contribution in [0, 0.1) is 0 Å². The predicted molar refractivity (Wildman–Crippen MR) is 127 cm³/mol. The molecule has 1 aromatic heterocycles. The highest BCUT2D eigenvalue weighted by atomic mass is 19.4. The summed E-state index contributed by atoms with van der Waals surface area (Å²) in [6.45, 7) is 2.86. The first-order valence-corrected chi connectivity index (χ1v) is 11.9. The molecule has 2 aromatic carbocycles. The van der Waals surface area contributed by atoms with Gasteiger partial charge in [0.2, 0.25) is 5.95 Å². The van der Waals surface area contributed by atoms with Gasteiger partial charge in [0, 0.05) is 56.9 Å². The lowest BCUT2D eigenvalue weighted by molar-refractivity contribution is -0.137. The largest absolute Gasteiger partial charge is 0.491 e. The second kappa shape index (κ2) is 9.93. The number of halogens is 4. The third-order valence-electron chi connectivity index (χ3n) is 6.65. The van der Waals surface area contributed by atoms with Crippen LogP contribution in [0.15, 0.2) is 53.3 Å². The van der Waals surface area contributed by atoms with E-state index in [9.17, 15) is 22.4 Å². The highest BCUT2D eigenvalue weighted by Gasteiger charge is 2.31. The van der Waals surface area contributed by atoms with Crippen molar-refractivity contribution in [1.29, 1.82) is 0 Å². The highest BCUT2D eigenvalue weighted by molar-refractivity contribution is 5.44. The van der Waals surface area contributed by atoms with Gasteiger partial charge in [0.1, 0.15) is 19.0 Å². The molecule has 0 aliphatic carbocycles. The van der Waals surface area contributed by atoms with Gasteiger partial charge in [-0.05, 0) is 23.8 Å². The van der Waals surface area contributed by atoms with Crippen molar-refractivity contribution in [1.82, 2.24) is 14.5 Å². The number of anilines is 1. The molecule has 3 aromatic rings. The third kappa shape index (κ3) is 4.95. The van der Waals surface area contributed by atoms with Crippen molar-refractivity contribution in [2.24, 2.45) is 0 Å². The van der Waals surface area contributed by atoms with E-state index in [1.165, 1.54) is 12.1 Å². The van der Waals surface area contributed by atoms with E-state index >= 15 is 0 Å². The SMILES string of the molecule is O=c1nc2n(c3c1CN(Cc1ccc(C(F)(F)F)cc1)CC3)CCN2Cc1ccccc1OCCF. The first-order chi connectivity index (χ1) is 17.3. The lowest BCUT2D eigenvalue weighted by Gasteiger charge is -2.30.